The molecule has 1 N–H and O–H groups in total. The fourth-order valence-corrected chi connectivity index (χ4v) is 3.07. The Hall–Kier alpha value is -1.28. The molecule has 1 unspecified atom stereocenters. The van der Waals surface area contributed by atoms with Gasteiger partial charge in [0, 0.05) is 10.2 Å². The van der Waals surface area contributed by atoms with Gasteiger partial charge < -0.3 is 5.32 Å². The fourth-order valence-electron chi connectivity index (χ4n) is 2.67. The minimum atomic E-state index is 0.439. The van der Waals surface area contributed by atoms with Crippen molar-refractivity contribution in [2.24, 2.45) is 0 Å². The van der Waals surface area contributed by atoms with Gasteiger partial charge in [0.25, 0.3) is 0 Å². The Morgan fingerprint density at radius 2 is 1.78 bits per heavy atom. The third-order valence-corrected chi connectivity index (χ3v) is 4.26. The molecule has 1 nitrogen and oxygen atoms in total. The van der Waals surface area contributed by atoms with E-state index in [2.05, 4.69) is 63.7 Å². The second-order valence-electron chi connectivity index (χ2n) is 4.77. The molecule has 2 heteroatoms. The van der Waals surface area contributed by atoms with Crippen LogP contribution in [0, 0.1) is 0 Å². The Labute approximate surface area is 116 Å². The van der Waals surface area contributed by atoms with E-state index < -0.39 is 0 Å². The monoisotopic (exact) mass is 301 g/mol. The average Bonchev–Trinajstić information content (AvgIpc) is 2.42. The highest BCUT2D eigenvalue weighted by atomic mass is 79.9. The topological polar surface area (TPSA) is 12.0 Å². The van der Waals surface area contributed by atoms with Crippen LogP contribution in [0.1, 0.15) is 30.0 Å². The predicted molar refractivity (Wildman–Crippen MR) is 79.9 cm³/mol. The molecule has 0 saturated carbocycles. The van der Waals surface area contributed by atoms with Gasteiger partial charge in [-0.2, -0.15) is 0 Å². The first-order chi connectivity index (χ1) is 8.84. The van der Waals surface area contributed by atoms with E-state index in [0.29, 0.717) is 6.04 Å². The Bertz CT molecular complexity index is 550. The van der Waals surface area contributed by atoms with Crippen LogP contribution in [-0.2, 0) is 6.42 Å². The number of hydrogen-bond acceptors (Lipinski definition) is 1. The highest BCUT2D eigenvalue weighted by molar-refractivity contribution is 9.10. The maximum Gasteiger partial charge on any atom is 0.0517 e. The van der Waals surface area contributed by atoms with E-state index in [1.807, 2.05) is 6.07 Å². The van der Waals surface area contributed by atoms with Crippen molar-refractivity contribution in [3.63, 3.8) is 0 Å². The Morgan fingerprint density at radius 1 is 1.00 bits per heavy atom. The normalized spacial score (nSPS) is 18.2. The number of hydrogen-bond donors (Lipinski definition) is 1. The third-order valence-electron chi connectivity index (χ3n) is 3.57. The van der Waals surface area contributed by atoms with E-state index in [0.717, 1.165) is 4.47 Å². The molecule has 1 atom stereocenters. The second-order valence-corrected chi connectivity index (χ2v) is 5.62. The van der Waals surface area contributed by atoms with Crippen LogP contribution in [0.5, 0.6) is 0 Å². The number of rotatable bonds is 2. The molecule has 1 aliphatic carbocycles. The molecule has 1 aliphatic rings. The van der Waals surface area contributed by atoms with Crippen molar-refractivity contribution >= 4 is 21.6 Å². The minimum absolute atomic E-state index is 0.439. The van der Waals surface area contributed by atoms with Crippen LogP contribution in [0.15, 0.2) is 53.0 Å². The summed E-state index contributed by atoms with van der Waals surface area (Å²) in [4.78, 5) is 0. The number of fused-ring (bicyclic) bond motifs is 1. The molecule has 0 fully saturated rings. The van der Waals surface area contributed by atoms with E-state index in [1.165, 1.54) is 36.1 Å². The lowest BCUT2D eigenvalue weighted by atomic mass is 9.87. The summed E-state index contributed by atoms with van der Waals surface area (Å²) in [6, 6.07) is 17.5. The lowest BCUT2D eigenvalue weighted by Gasteiger charge is -2.27. The van der Waals surface area contributed by atoms with Crippen LogP contribution >= 0.6 is 15.9 Å². The van der Waals surface area contributed by atoms with Crippen LogP contribution in [0.25, 0.3) is 0 Å². The van der Waals surface area contributed by atoms with Crippen LogP contribution in [0.2, 0.25) is 0 Å². The average molecular weight is 302 g/mol. The fraction of sp³-hybridized carbons (Fsp3) is 0.250. The zero-order valence-electron chi connectivity index (χ0n) is 10.2. The Balaban J connectivity index is 1.89. The van der Waals surface area contributed by atoms with Crippen LogP contribution in [-0.4, -0.2) is 0 Å². The summed E-state index contributed by atoms with van der Waals surface area (Å²) in [6.07, 6.45) is 3.68. The highest BCUT2D eigenvalue weighted by Gasteiger charge is 2.19. The van der Waals surface area contributed by atoms with Crippen LogP contribution in [0.4, 0.5) is 5.69 Å². The summed E-state index contributed by atoms with van der Waals surface area (Å²) in [5, 5.41) is 3.66. The summed E-state index contributed by atoms with van der Waals surface area (Å²) in [7, 11) is 0. The summed E-state index contributed by atoms with van der Waals surface area (Å²) >= 11 is 3.60. The number of halogens is 1. The second kappa shape index (κ2) is 5.15. The van der Waals surface area contributed by atoms with Gasteiger partial charge in [0.15, 0.2) is 0 Å². The third kappa shape index (κ3) is 2.30. The van der Waals surface area contributed by atoms with Gasteiger partial charge in [0.1, 0.15) is 0 Å². The SMILES string of the molecule is Brc1ccccc1NC1CCCc2ccccc21. The van der Waals surface area contributed by atoms with E-state index >= 15 is 0 Å². The standard InChI is InChI=1S/C16H16BrN/c17-14-9-3-4-10-16(14)18-15-11-5-7-12-6-1-2-8-13(12)15/h1-4,6,8-10,15,18H,5,7,11H2. The summed E-state index contributed by atoms with van der Waals surface area (Å²) in [5.41, 5.74) is 4.13. The van der Waals surface area contributed by atoms with Gasteiger partial charge in [-0.3, -0.25) is 0 Å². The summed E-state index contributed by atoms with van der Waals surface area (Å²) < 4.78 is 1.13. The minimum Gasteiger partial charge on any atom is -0.377 e. The summed E-state index contributed by atoms with van der Waals surface area (Å²) in [5.74, 6) is 0. The molecule has 92 valence electrons. The number of para-hydroxylation sites is 1. The van der Waals surface area contributed by atoms with Gasteiger partial charge in [-0.05, 0) is 58.5 Å². The molecule has 18 heavy (non-hydrogen) atoms. The first-order valence-electron chi connectivity index (χ1n) is 6.43. The van der Waals surface area contributed by atoms with Crippen LogP contribution in [0.3, 0.4) is 0 Å². The molecule has 0 spiro atoms. The molecule has 3 rings (SSSR count). The molecule has 0 bridgehead atoms. The van der Waals surface area contributed by atoms with E-state index in [-0.39, 0.29) is 0 Å². The van der Waals surface area contributed by atoms with Crippen molar-refractivity contribution in [3.8, 4) is 0 Å². The zero-order chi connectivity index (χ0) is 12.4. The quantitative estimate of drug-likeness (QED) is 0.828. The molecule has 0 saturated heterocycles. The molecule has 0 aliphatic heterocycles. The largest absolute Gasteiger partial charge is 0.377 e. The number of aryl methyl sites for hydroxylation is 1. The van der Waals surface area contributed by atoms with Crippen molar-refractivity contribution < 1.29 is 0 Å². The van der Waals surface area contributed by atoms with Crippen molar-refractivity contribution in [1.82, 2.24) is 0 Å². The van der Waals surface area contributed by atoms with E-state index in [1.54, 1.807) is 0 Å². The smallest absolute Gasteiger partial charge is 0.0517 e. The maximum absolute atomic E-state index is 3.66. The molecular weight excluding hydrogens is 286 g/mol. The highest BCUT2D eigenvalue weighted by Crippen LogP contribution is 2.34. The van der Waals surface area contributed by atoms with Gasteiger partial charge in [-0.25, -0.2) is 0 Å². The molecule has 0 radical (unpaired) electrons. The van der Waals surface area contributed by atoms with Crippen molar-refractivity contribution in [1.29, 1.82) is 0 Å². The van der Waals surface area contributed by atoms with E-state index in [4.69, 9.17) is 0 Å². The first-order valence-corrected chi connectivity index (χ1v) is 7.23. The van der Waals surface area contributed by atoms with Crippen molar-refractivity contribution in [2.45, 2.75) is 25.3 Å². The van der Waals surface area contributed by atoms with Gasteiger partial charge >= 0.3 is 0 Å². The van der Waals surface area contributed by atoms with Gasteiger partial charge in [0.2, 0.25) is 0 Å². The van der Waals surface area contributed by atoms with Crippen molar-refractivity contribution in [3.05, 3.63) is 64.1 Å². The van der Waals surface area contributed by atoms with E-state index in [9.17, 15) is 0 Å². The molecular formula is C16H16BrN. The molecule has 0 amide bonds. The van der Waals surface area contributed by atoms with Gasteiger partial charge in [-0.15, -0.1) is 0 Å². The number of nitrogens with one attached hydrogen (secondary N) is 1. The predicted octanol–water partition coefficient (Wildman–Crippen LogP) is 4.94. The molecule has 0 aromatic heterocycles. The lowest BCUT2D eigenvalue weighted by molar-refractivity contribution is 0.600. The molecule has 0 heterocycles. The van der Waals surface area contributed by atoms with Gasteiger partial charge in [0.05, 0.1) is 6.04 Å². The number of anilines is 1. The summed E-state index contributed by atoms with van der Waals surface area (Å²) in [6.45, 7) is 0. The molecule has 2 aromatic carbocycles. The Kier molecular flexibility index (Phi) is 3.37. The molecule has 2 aromatic rings. The maximum atomic E-state index is 3.66. The van der Waals surface area contributed by atoms with Gasteiger partial charge in [-0.1, -0.05) is 36.4 Å². The van der Waals surface area contributed by atoms with Crippen molar-refractivity contribution in [2.75, 3.05) is 5.32 Å². The van der Waals surface area contributed by atoms with Crippen LogP contribution < -0.4 is 5.32 Å². The lowest BCUT2D eigenvalue weighted by Crippen LogP contribution is -2.17. The Morgan fingerprint density at radius 3 is 2.67 bits per heavy atom. The zero-order valence-corrected chi connectivity index (χ0v) is 11.8. The number of benzene rings is 2. The first kappa shape index (κ1) is 11.8.